The van der Waals surface area contributed by atoms with E-state index in [1.165, 1.54) is 17.5 Å². The average Bonchev–Trinajstić information content (AvgIpc) is 3.25. The van der Waals surface area contributed by atoms with E-state index in [0.29, 0.717) is 49.0 Å². The molecule has 3 heterocycles. The molecule has 2 aliphatic carbocycles. The third-order valence-corrected chi connectivity index (χ3v) is 12.9. The molecule has 10 nitrogen and oxygen atoms in total. The van der Waals surface area contributed by atoms with Crippen molar-refractivity contribution >= 4 is 39.0 Å². The molecule has 1 N–H and O–H groups in total. The molecule has 1 aromatic heterocycles. The zero-order chi connectivity index (χ0) is 34.7. The Hall–Kier alpha value is -3.80. The molecular formula is C38H44ClN5O5S. The predicted octanol–water partition coefficient (Wildman–Crippen LogP) is 6.27. The highest BCUT2D eigenvalue weighted by molar-refractivity contribution is 7.92. The van der Waals surface area contributed by atoms with Gasteiger partial charge >= 0.3 is 0 Å². The summed E-state index contributed by atoms with van der Waals surface area (Å²) in [5, 5.41) is 0.741. The number of benzene rings is 2. The van der Waals surface area contributed by atoms with Crippen LogP contribution in [-0.4, -0.2) is 64.7 Å². The van der Waals surface area contributed by atoms with E-state index in [1.54, 1.807) is 25.6 Å². The van der Waals surface area contributed by atoms with Gasteiger partial charge in [0.15, 0.2) is 0 Å². The quantitative estimate of drug-likeness (QED) is 0.307. The molecule has 0 radical (unpaired) electrons. The van der Waals surface area contributed by atoms with Crippen molar-refractivity contribution in [2.75, 3.05) is 37.5 Å². The lowest BCUT2D eigenvalue weighted by Gasteiger charge is -2.46. The lowest BCUT2D eigenvalue weighted by atomic mass is 9.68. The lowest BCUT2D eigenvalue weighted by molar-refractivity contribution is -0.119. The van der Waals surface area contributed by atoms with Crippen molar-refractivity contribution in [1.29, 1.82) is 0 Å². The fraction of sp³-hybridized carbons (Fsp3) is 0.474. The molecule has 7 rings (SSSR count). The number of hydrogen-bond acceptors (Lipinski definition) is 8. The van der Waals surface area contributed by atoms with E-state index in [-0.39, 0.29) is 23.7 Å². The van der Waals surface area contributed by atoms with E-state index in [0.717, 1.165) is 61.5 Å². The van der Waals surface area contributed by atoms with Crippen LogP contribution in [0.3, 0.4) is 0 Å². The number of rotatable bonds is 5. The fourth-order valence-corrected chi connectivity index (χ4v) is 9.88. The first-order valence-corrected chi connectivity index (χ1v) is 19.6. The second kappa shape index (κ2) is 14.8. The van der Waals surface area contributed by atoms with Crippen LogP contribution in [0.4, 0.5) is 5.69 Å². The van der Waals surface area contributed by atoms with Gasteiger partial charge in [0.05, 0.1) is 24.2 Å². The van der Waals surface area contributed by atoms with Gasteiger partial charge in [-0.3, -0.25) is 14.3 Å². The number of fused-ring (bicyclic) bond motifs is 4. The Labute approximate surface area is 299 Å². The van der Waals surface area contributed by atoms with Crippen LogP contribution in [0.2, 0.25) is 5.02 Å². The summed E-state index contributed by atoms with van der Waals surface area (Å²) in [7, 11) is -1.66. The Bertz CT molecular complexity index is 1900. The summed E-state index contributed by atoms with van der Waals surface area (Å²) in [5.41, 5.74) is 4.21. The summed E-state index contributed by atoms with van der Waals surface area (Å²) in [5.74, 6) is 0.418. The molecule has 1 saturated carbocycles. The van der Waals surface area contributed by atoms with Gasteiger partial charge in [-0.1, -0.05) is 29.8 Å². The van der Waals surface area contributed by atoms with Crippen LogP contribution in [-0.2, 0) is 37.7 Å². The molecule has 1 fully saturated rings. The molecule has 2 bridgehead atoms. The van der Waals surface area contributed by atoms with Crippen molar-refractivity contribution in [2.24, 2.45) is 16.2 Å². The Morgan fingerprint density at radius 2 is 2.02 bits per heavy atom. The lowest BCUT2D eigenvalue weighted by Crippen LogP contribution is -2.49. The Kier molecular flexibility index (Phi) is 10.3. The number of carbonyl (C=O) groups is 2. The van der Waals surface area contributed by atoms with Crippen molar-refractivity contribution in [2.45, 2.75) is 69.3 Å². The highest BCUT2D eigenvalue weighted by Crippen LogP contribution is 2.47. The summed E-state index contributed by atoms with van der Waals surface area (Å²) in [6.45, 7) is 2.02. The van der Waals surface area contributed by atoms with E-state index < -0.39 is 21.7 Å². The van der Waals surface area contributed by atoms with Crippen LogP contribution in [0.15, 0.2) is 71.6 Å². The first-order chi connectivity index (χ1) is 24.2. The monoisotopic (exact) mass is 717 g/mol. The van der Waals surface area contributed by atoms with Crippen molar-refractivity contribution in [3.8, 4) is 5.75 Å². The fourth-order valence-electron chi connectivity index (χ4n) is 8.06. The van der Waals surface area contributed by atoms with Gasteiger partial charge in [-0.25, -0.2) is 14.2 Å². The van der Waals surface area contributed by atoms with Crippen LogP contribution in [0.1, 0.15) is 72.0 Å². The number of hydrogen-bond donors (Lipinski definition) is 1. The minimum absolute atomic E-state index is 0.0408. The van der Waals surface area contributed by atoms with Gasteiger partial charge in [0.1, 0.15) is 22.0 Å². The van der Waals surface area contributed by atoms with Crippen LogP contribution in [0.25, 0.3) is 0 Å². The summed E-state index contributed by atoms with van der Waals surface area (Å²) in [4.78, 5) is 37.3. The zero-order valence-corrected chi connectivity index (χ0v) is 30.0. The van der Waals surface area contributed by atoms with Crippen LogP contribution < -0.4 is 14.4 Å². The van der Waals surface area contributed by atoms with Gasteiger partial charge in [-0.15, -0.1) is 4.36 Å². The topological polar surface area (TPSA) is 123 Å². The maximum Gasteiger partial charge on any atom is 0.286 e. The second-order valence-corrected chi connectivity index (χ2v) is 16.6. The van der Waals surface area contributed by atoms with Gasteiger partial charge in [0, 0.05) is 55.0 Å². The Balaban J connectivity index is 1.24. The first-order valence-electron chi connectivity index (χ1n) is 17.6. The number of nitrogens with one attached hydrogen (secondary N) is 1. The standard InChI is InChI=1S/C38H44ClN5O5S/c1-48-34-7-3-2-4-17-50(47,42-36(45)15-8-26-20-40-25-41-21-26)43-37(46)28-10-14-35-33(19-28)44(22-29-9-12-31(29)34)23-38(24-49-35)16-5-6-27-18-30(39)11-13-32(27)38/h3,7,10-11,13-14,18-21,25,29,31,34H,2,4-6,8-9,12,15-17,22-24H2,1H3,(H,42,43,45,46,47)/b7-3-/t29-,31+,34-,38-,50?/m0/s1. The predicted molar refractivity (Wildman–Crippen MR) is 194 cm³/mol. The number of allylic oxidation sites excluding steroid dienone is 1. The highest BCUT2D eigenvalue weighted by atomic mass is 35.5. The number of aromatic nitrogens is 2. The molecule has 2 amide bonds. The molecule has 264 valence electrons. The molecule has 50 heavy (non-hydrogen) atoms. The molecule has 12 heteroatoms. The van der Waals surface area contributed by atoms with Gasteiger partial charge in [0.2, 0.25) is 5.91 Å². The van der Waals surface area contributed by atoms with Gasteiger partial charge in [-0.05, 0) is 110 Å². The highest BCUT2D eigenvalue weighted by Gasteiger charge is 2.44. The zero-order valence-electron chi connectivity index (χ0n) is 28.4. The largest absolute Gasteiger partial charge is 0.490 e. The first kappa shape index (κ1) is 34.6. The van der Waals surface area contributed by atoms with E-state index in [4.69, 9.17) is 21.1 Å². The van der Waals surface area contributed by atoms with Gasteiger partial charge in [0.25, 0.3) is 5.91 Å². The van der Waals surface area contributed by atoms with Crippen LogP contribution >= 0.6 is 11.6 Å². The number of halogens is 1. The van der Waals surface area contributed by atoms with Crippen LogP contribution in [0.5, 0.6) is 5.75 Å². The maximum atomic E-state index is 14.2. The van der Waals surface area contributed by atoms with Crippen molar-refractivity contribution in [3.63, 3.8) is 0 Å². The third-order valence-electron chi connectivity index (χ3n) is 10.8. The maximum absolute atomic E-state index is 14.2. The van der Waals surface area contributed by atoms with Crippen LogP contribution in [0, 0.1) is 11.8 Å². The number of methoxy groups -OCH3 is 1. The molecule has 2 aromatic carbocycles. The van der Waals surface area contributed by atoms with E-state index in [1.807, 2.05) is 18.2 Å². The summed E-state index contributed by atoms with van der Waals surface area (Å²) in [6.07, 6.45) is 15.5. The molecule has 2 aliphatic heterocycles. The van der Waals surface area contributed by atoms with E-state index >= 15 is 0 Å². The molecule has 3 aromatic rings. The number of amides is 2. The van der Waals surface area contributed by atoms with E-state index in [9.17, 15) is 13.8 Å². The normalized spacial score (nSPS) is 28.6. The summed E-state index contributed by atoms with van der Waals surface area (Å²) < 4.78 is 33.7. The average molecular weight is 718 g/mol. The third kappa shape index (κ3) is 7.45. The number of nitrogens with zero attached hydrogens (tertiary/aromatic N) is 4. The molecule has 5 atom stereocenters. The van der Waals surface area contributed by atoms with Crippen molar-refractivity contribution in [1.82, 2.24) is 14.7 Å². The molecular weight excluding hydrogens is 674 g/mol. The van der Waals surface area contributed by atoms with Crippen molar-refractivity contribution in [3.05, 3.63) is 94.5 Å². The Morgan fingerprint density at radius 3 is 2.82 bits per heavy atom. The molecule has 4 aliphatic rings. The molecule has 1 spiro atoms. The number of anilines is 1. The molecule has 0 saturated heterocycles. The number of carbonyl (C=O) groups excluding carboxylic acids is 2. The number of aryl methyl sites for hydroxylation is 2. The number of ether oxygens (including phenoxy) is 2. The summed E-state index contributed by atoms with van der Waals surface area (Å²) >= 11 is 6.45. The molecule has 1 unspecified atom stereocenters. The van der Waals surface area contributed by atoms with Gasteiger partial charge < -0.3 is 14.4 Å². The van der Waals surface area contributed by atoms with E-state index in [2.05, 4.69) is 48.2 Å². The Morgan fingerprint density at radius 1 is 1.16 bits per heavy atom. The van der Waals surface area contributed by atoms with Gasteiger partial charge in [-0.2, -0.15) is 0 Å². The SMILES string of the molecule is CO[C@H]1/C=C\CCCS(=O)(NC(=O)CCc2cncnc2)=NC(=O)c2ccc3c(c2)N(C[C@@H]2CC[C@H]21)C[C@@]1(CCCc2cc(Cl)ccc21)CO3. The smallest absolute Gasteiger partial charge is 0.286 e. The second-order valence-electron chi connectivity index (χ2n) is 14.1. The van der Waals surface area contributed by atoms with Crippen molar-refractivity contribution < 1.29 is 23.3 Å². The minimum Gasteiger partial charge on any atom is -0.490 e. The summed E-state index contributed by atoms with van der Waals surface area (Å²) in [6, 6.07) is 11.6. The minimum atomic E-state index is -3.42.